The van der Waals surface area contributed by atoms with Crippen molar-refractivity contribution in [3.63, 3.8) is 0 Å². The number of fused-ring (bicyclic) bond motifs is 5. The molecule has 5 heteroatoms. The maximum atomic E-state index is 5.39. The highest BCUT2D eigenvalue weighted by atomic mass is 16.5. The molecule has 4 heterocycles. The van der Waals surface area contributed by atoms with Gasteiger partial charge >= 0.3 is 0 Å². The summed E-state index contributed by atoms with van der Waals surface area (Å²) in [5.74, 6) is 1.80. The second-order valence-electron chi connectivity index (χ2n) is 7.59. The summed E-state index contributed by atoms with van der Waals surface area (Å²) in [4.78, 5) is 11.8. The molecule has 26 heavy (non-hydrogen) atoms. The zero-order chi connectivity index (χ0) is 17.8. The Labute approximate surface area is 153 Å². The maximum Gasteiger partial charge on any atom is 0.125 e. The van der Waals surface area contributed by atoms with Crippen molar-refractivity contribution in [1.82, 2.24) is 19.4 Å². The Kier molecular flexibility index (Phi) is 3.54. The largest absolute Gasteiger partial charge is 0.497 e. The molecule has 2 bridgehead atoms. The number of hydrogen-bond acceptors (Lipinski definition) is 4. The number of aryl methyl sites for hydroxylation is 2. The lowest BCUT2D eigenvalue weighted by atomic mass is 9.98. The molecular weight excluding hydrogens is 324 g/mol. The summed E-state index contributed by atoms with van der Waals surface area (Å²) in [7, 11) is 3.83. The smallest absolute Gasteiger partial charge is 0.125 e. The zero-order valence-electron chi connectivity index (χ0n) is 15.6. The quantitative estimate of drug-likeness (QED) is 0.726. The van der Waals surface area contributed by atoms with E-state index in [-0.39, 0.29) is 0 Å². The first-order valence-electron chi connectivity index (χ1n) is 9.34. The van der Waals surface area contributed by atoms with E-state index < -0.39 is 0 Å². The standard InChI is InChI=1S/C21H24N4O/c1-13-22-10-18-19(23-13)8-15-4-7-20(18)25(15)12-14-11-24(2)21-9-16(26-3)5-6-17(14)21/h5-6,9-11,15,20H,4,7-8,12H2,1-3H3/t15-,20-/m0/s1. The monoisotopic (exact) mass is 348 g/mol. The molecule has 0 N–H and O–H groups in total. The molecule has 1 fully saturated rings. The van der Waals surface area contributed by atoms with Crippen LogP contribution in [0.4, 0.5) is 0 Å². The van der Waals surface area contributed by atoms with Crippen LogP contribution < -0.4 is 4.74 Å². The van der Waals surface area contributed by atoms with Crippen molar-refractivity contribution in [2.75, 3.05) is 7.11 Å². The second-order valence-corrected chi connectivity index (χ2v) is 7.59. The van der Waals surface area contributed by atoms with Crippen molar-refractivity contribution in [1.29, 1.82) is 0 Å². The first kappa shape index (κ1) is 15.8. The minimum absolute atomic E-state index is 0.456. The van der Waals surface area contributed by atoms with Gasteiger partial charge in [-0.25, -0.2) is 9.97 Å². The molecule has 0 radical (unpaired) electrons. The lowest BCUT2D eigenvalue weighted by Crippen LogP contribution is -2.37. The van der Waals surface area contributed by atoms with Gasteiger partial charge in [0.25, 0.3) is 0 Å². The highest BCUT2D eigenvalue weighted by molar-refractivity contribution is 5.85. The van der Waals surface area contributed by atoms with Gasteiger partial charge in [0.05, 0.1) is 18.3 Å². The summed E-state index contributed by atoms with van der Waals surface area (Å²) >= 11 is 0. The summed E-state index contributed by atoms with van der Waals surface area (Å²) < 4.78 is 7.60. The number of hydrogen-bond donors (Lipinski definition) is 0. The lowest BCUT2D eigenvalue weighted by Gasteiger charge is -2.35. The molecule has 0 amide bonds. The van der Waals surface area contributed by atoms with Crippen LogP contribution in [0.1, 0.15) is 41.5 Å². The third kappa shape index (κ3) is 2.34. The average Bonchev–Trinajstić information content (AvgIpc) is 3.10. The molecule has 2 aromatic heterocycles. The van der Waals surface area contributed by atoms with E-state index >= 15 is 0 Å². The van der Waals surface area contributed by atoms with Crippen LogP contribution in [0, 0.1) is 6.92 Å². The van der Waals surface area contributed by atoms with Gasteiger partial charge in [0.1, 0.15) is 11.6 Å². The molecule has 3 aromatic rings. The number of methoxy groups -OCH3 is 1. The van der Waals surface area contributed by atoms with E-state index in [1.165, 1.54) is 40.6 Å². The summed E-state index contributed by atoms with van der Waals surface area (Å²) in [6.07, 6.45) is 7.84. The Hall–Kier alpha value is -2.40. The van der Waals surface area contributed by atoms with Crippen LogP contribution in [0.25, 0.3) is 10.9 Å². The Morgan fingerprint density at radius 2 is 2.15 bits per heavy atom. The molecule has 2 aliphatic rings. The van der Waals surface area contributed by atoms with E-state index in [4.69, 9.17) is 9.72 Å². The molecule has 1 aromatic carbocycles. The Morgan fingerprint density at radius 1 is 1.27 bits per heavy atom. The lowest BCUT2D eigenvalue weighted by molar-refractivity contribution is 0.166. The molecule has 2 aliphatic heterocycles. The summed E-state index contributed by atoms with van der Waals surface area (Å²) in [6, 6.07) is 7.42. The fourth-order valence-electron chi connectivity index (χ4n) is 4.82. The van der Waals surface area contributed by atoms with Crippen molar-refractivity contribution in [3.8, 4) is 5.75 Å². The first-order chi connectivity index (χ1) is 12.6. The summed E-state index contributed by atoms with van der Waals surface area (Å²) in [5.41, 5.74) is 5.22. The van der Waals surface area contributed by atoms with Crippen LogP contribution in [0.3, 0.4) is 0 Å². The number of ether oxygens (including phenoxy) is 1. The normalized spacial score (nSPS) is 22.0. The molecule has 5 rings (SSSR count). The number of aromatic nitrogens is 3. The molecule has 2 atom stereocenters. The van der Waals surface area contributed by atoms with Crippen LogP contribution in [0.15, 0.2) is 30.6 Å². The predicted octanol–water partition coefficient (Wildman–Crippen LogP) is 3.55. The highest BCUT2D eigenvalue weighted by Gasteiger charge is 2.40. The first-order valence-corrected chi connectivity index (χ1v) is 9.34. The Bertz CT molecular complexity index is 993. The fourth-order valence-corrected chi connectivity index (χ4v) is 4.82. The fraction of sp³-hybridized carbons (Fsp3) is 0.429. The van der Waals surface area contributed by atoms with Gasteiger partial charge in [-0.15, -0.1) is 0 Å². The third-order valence-electron chi connectivity index (χ3n) is 6.08. The van der Waals surface area contributed by atoms with E-state index in [0.29, 0.717) is 12.1 Å². The van der Waals surface area contributed by atoms with Gasteiger partial charge in [0.2, 0.25) is 0 Å². The van der Waals surface area contributed by atoms with E-state index in [2.05, 4.69) is 52.1 Å². The molecule has 1 saturated heterocycles. The summed E-state index contributed by atoms with van der Waals surface area (Å²) in [6.45, 7) is 2.96. The van der Waals surface area contributed by atoms with Crippen LogP contribution in [0.5, 0.6) is 5.75 Å². The van der Waals surface area contributed by atoms with Crippen molar-refractivity contribution in [3.05, 3.63) is 53.2 Å². The minimum Gasteiger partial charge on any atom is -0.497 e. The topological polar surface area (TPSA) is 43.2 Å². The number of nitrogens with zero attached hydrogens (tertiary/aromatic N) is 4. The average molecular weight is 348 g/mol. The van der Waals surface area contributed by atoms with Gasteiger partial charge in [-0.3, -0.25) is 4.90 Å². The number of benzene rings is 1. The van der Waals surface area contributed by atoms with Crippen LogP contribution in [0.2, 0.25) is 0 Å². The van der Waals surface area contributed by atoms with E-state index in [1.807, 2.05) is 6.92 Å². The van der Waals surface area contributed by atoms with E-state index in [9.17, 15) is 0 Å². The second kappa shape index (κ2) is 5.81. The van der Waals surface area contributed by atoms with Gasteiger partial charge < -0.3 is 9.30 Å². The van der Waals surface area contributed by atoms with Gasteiger partial charge in [-0.2, -0.15) is 0 Å². The summed E-state index contributed by atoms with van der Waals surface area (Å²) in [5, 5.41) is 1.32. The van der Waals surface area contributed by atoms with Crippen molar-refractivity contribution in [2.24, 2.45) is 7.05 Å². The molecule has 5 nitrogen and oxygen atoms in total. The molecule has 0 unspecified atom stereocenters. The SMILES string of the molecule is COc1ccc2c(CN3[C@H]4CC[C@H]3c3cnc(C)nc3C4)cn(C)c2c1. The predicted molar refractivity (Wildman–Crippen MR) is 101 cm³/mol. The van der Waals surface area contributed by atoms with E-state index in [1.54, 1.807) is 7.11 Å². The Balaban J connectivity index is 1.51. The molecule has 0 spiro atoms. The Morgan fingerprint density at radius 3 is 3.00 bits per heavy atom. The van der Waals surface area contributed by atoms with Crippen LogP contribution >= 0.6 is 0 Å². The molecular formula is C21H24N4O. The van der Waals surface area contributed by atoms with Crippen LogP contribution in [-0.2, 0) is 20.0 Å². The van der Waals surface area contributed by atoms with Gasteiger partial charge in [0, 0.05) is 61.5 Å². The maximum absolute atomic E-state index is 5.39. The highest BCUT2D eigenvalue weighted by Crippen LogP contribution is 2.44. The van der Waals surface area contributed by atoms with E-state index in [0.717, 1.165) is 24.5 Å². The van der Waals surface area contributed by atoms with Gasteiger partial charge in [-0.05, 0) is 37.5 Å². The van der Waals surface area contributed by atoms with Crippen molar-refractivity contribution < 1.29 is 4.74 Å². The zero-order valence-corrected chi connectivity index (χ0v) is 15.6. The third-order valence-corrected chi connectivity index (χ3v) is 6.08. The molecule has 0 saturated carbocycles. The van der Waals surface area contributed by atoms with Crippen LogP contribution in [-0.4, -0.2) is 32.6 Å². The molecule has 134 valence electrons. The van der Waals surface area contributed by atoms with Crippen molar-refractivity contribution >= 4 is 10.9 Å². The number of rotatable bonds is 3. The van der Waals surface area contributed by atoms with Crippen molar-refractivity contribution in [2.45, 2.75) is 44.8 Å². The molecule has 0 aliphatic carbocycles. The van der Waals surface area contributed by atoms with Gasteiger partial charge in [-0.1, -0.05) is 0 Å². The minimum atomic E-state index is 0.456. The van der Waals surface area contributed by atoms with Gasteiger partial charge in [0.15, 0.2) is 0 Å².